The summed E-state index contributed by atoms with van der Waals surface area (Å²) < 4.78 is 0. The van der Waals surface area contributed by atoms with Gasteiger partial charge >= 0.3 is 0 Å². The van der Waals surface area contributed by atoms with Gasteiger partial charge in [-0.15, -0.1) is 0 Å². The molecule has 0 aromatic heterocycles. The third-order valence-electron chi connectivity index (χ3n) is 2.20. The molecule has 1 N–H and O–H groups in total. The molecule has 0 saturated heterocycles. The van der Waals surface area contributed by atoms with Crippen molar-refractivity contribution in [1.82, 2.24) is 0 Å². The minimum Gasteiger partial charge on any atom is -0.411 e. The fourth-order valence-electron chi connectivity index (χ4n) is 1.71. The van der Waals surface area contributed by atoms with Crippen LogP contribution in [0.4, 0.5) is 0 Å². The van der Waals surface area contributed by atoms with Gasteiger partial charge in [0.25, 0.3) is 0 Å². The van der Waals surface area contributed by atoms with Crippen LogP contribution in [0.1, 0.15) is 12.8 Å². The van der Waals surface area contributed by atoms with E-state index in [4.69, 9.17) is 5.21 Å². The van der Waals surface area contributed by atoms with E-state index in [1.165, 1.54) is 6.42 Å². The molecule has 2 aliphatic rings. The van der Waals surface area contributed by atoms with Gasteiger partial charge in [0, 0.05) is 5.92 Å². The lowest BCUT2D eigenvalue weighted by Gasteiger charge is -2.01. The van der Waals surface area contributed by atoms with Crippen LogP contribution in [0.15, 0.2) is 17.3 Å². The Balaban J connectivity index is 2.29. The molecule has 0 aromatic carbocycles. The van der Waals surface area contributed by atoms with Crippen LogP contribution in [-0.2, 0) is 0 Å². The van der Waals surface area contributed by atoms with Crippen LogP contribution in [0.2, 0.25) is 0 Å². The normalized spacial score (nSPS) is 42.9. The Morgan fingerprint density at radius 1 is 1.56 bits per heavy atom. The summed E-state index contributed by atoms with van der Waals surface area (Å²) in [7, 11) is 0. The zero-order valence-electron chi connectivity index (χ0n) is 5.12. The minimum atomic E-state index is 0.472. The highest BCUT2D eigenvalue weighted by Crippen LogP contribution is 2.36. The molecule has 1 saturated carbocycles. The molecule has 2 unspecified atom stereocenters. The van der Waals surface area contributed by atoms with Gasteiger partial charge in [0.15, 0.2) is 0 Å². The molecule has 48 valence electrons. The summed E-state index contributed by atoms with van der Waals surface area (Å²) in [6, 6.07) is 0. The Morgan fingerprint density at radius 2 is 2.44 bits per heavy atom. The van der Waals surface area contributed by atoms with E-state index >= 15 is 0 Å². The van der Waals surface area contributed by atoms with Crippen molar-refractivity contribution < 1.29 is 5.21 Å². The molecule has 0 amide bonds. The van der Waals surface area contributed by atoms with E-state index in [-0.39, 0.29) is 0 Å². The number of nitrogens with zero attached hydrogens (tertiary/aromatic N) is 1. The fourth-order valence-corrected chi connectivity index (χ4v) is 1.71. The number of fused-ring (bicyclic) bond motifs is 2. The maximum Gasteiger partial charge on any atom is 0.0645 e. The average molecular weight is 123 g/mol. The summed E-state index contributed by atoms with van der Waals surface area (Å²) in [6.07, 6.45) is 6.53. The highest BCUT2D eigenvalue weighted by atomic mass is 16.4. The van der Waals surface area contributed by atoms with Crippen molar-refractivity contribution in [2.45, 2.75) is 12.8 Å². The summed E-state index contributed by atoms with van der Waals surface area (Å²) in [5.74, 6) is 1.15. The lowest BCUT2D eigenvalue weighted by Crippen LogP contribution is -2.04. The summed E-state index contributed by atoms with van der Waals surface area (Å²) in [5, 5.41) is 11.7. The minimum absolute atomic E-state index is 0.472. The Hall–Kier alpha value is -0.790. The Morgan fingerprint density at radius 3 is 2.78 bits per heavy atom. The van der Waals surface area contributed by atoms with E-state index in [1.807, 2.05) is 0 Å². The van der Waals surface area contributed by atoms with Crippen LogP contribution in [0.3, 0.4) is 0 Å². The molecule has 2 atom stereocenters. The van der Waals surface area contributed by atoms with Crippen LogP contribution >= 0.6 is 0 Å². The number of hydrogen-bond acceptors (Lipinski definition) is 2. The maximum atomic E-state index is 8.44. The predicted molar refractivity (Wildman–Crippen MR) is 34.6 cm³/mol. The second kappa shape index (κ2) is 1.59. The molecule has 1 fully saturated rings. The third kappa shape index (κ3) is 0.590. The van der Waals surface area contributed by atoms with Gasteiger partial charge in [-0.1, -0.05) is 17.3 Å². The van der Waals surface area contributed by atoms with Crippen LogP contribution < -0.4 is 0 Å². The smallest absolute Gasteiger partial charge is 0.0645 e. The first-order chi connectivity index (χ1) is 4.40. The number of rotatable bonds is 0. The van der Waals surface area contributed by atoms with Crippen molar-refractivity contribution in [3.63, 3.8) is 0 Å². The quantitative estimate of drug-likeness (QED) is 0.295. The van der Waals surface area contributed by atoms with Crippen molar-refractivity contribution in [1.29, 1.82) is 0 Å². The van der Waals surface area contributed by atoms with Crippen LogP contribution in [0.5, 0.6) is 0 Å². The number of hydrogen-bond donors (Lipinski definition) is 1. The van der Waals surface area contributed by atoms with Crippen molar-refractivity contribution in [2.24, 2.45) is 17.0 Å². The fraction of sp³-hybridized carbons (Fsp3) is 0.571. The van der Waals surface area contributed by atoms with Gasteiger partial charge in [0.2, 0.25) is 0 Å². The van der Waals surface area contributed by atoms with Crippen LogP contribution in [0.25, 0.3) is 0 Å². The van der Waals surface area contributed by atoms with Crippen molar-refractivity contribution >= 4 is 5.71 Å². The van der Waals surface area contributed by atoms with Gasteiger partial charge in [-0.05, 0) is 18.8 Å². The lowest BCUT2D eigenvalue weighted by molar-refractivity contribution is 0.316. The zero-order chi connectivity index (χ0) is 6.27. The van der Waals surface area contributed by atoms with Crippen molar-refractivity contribution in [2.75, 3.05) is 0 Å². The van der Waals surface area contributed by atoms with Gasteiger partial charge in [-0.3, -0.25) is 0 Å². The largest absolute Gasteiger partial charge is 0.411 e. The second-order valence-corrected chi connectivity index (χ2v) is 2.78. The Bertz CT molecular complexity index is 183. The number of allylic oxidation sites excluding steroid dienone is 2. The van der Waals surface area contributed by atoms with E-state index in [0.717, 1.165) is 12.1 Å². The molecule has 2 aliphatic carbocycles. The molecule has 2 nitrogen and oxygen atoms in total. The van der Waals surface area contributed by atoms with Gasteiger partial charge in [0.05, 0.1) is 5.71 Å². The number of oxime groups is 1. The standard InChI is InChI=1S/C7H9NO/c9-8-7-4-5-1-2-6(7)3-5/h1-2,5-6,9H,3-4H2. The molecule has 2 rings (SSSR count). The Labute approximate surface area is 53.9 Å². The molecule has 0 aliphatic heterocycles. The molecule has 2 bridgehead atoms. The molecule has 2 heteroatoms. The highest BCUT2D eigenvalue weighted by Gasteiger charge is 2.32. The van der Waals surface area contributed by atoms with Gasteiger partial charge in [0.1, 0.15) is 0 Å². The van der Waals surface area contributed by atoms with Crippen LogP contribution in [-0.4, -0.2) is 10.9 Å². The molecule has 0 heterocycles. The molecule has 0 radical (unpaired) electrons. The zero-order valence-corrected chi connectivity index (χ0v) is 5.12. The van der Waals surface area contributed by atoms with Gasteiger partial charge in [-0.25, -0.2) is 0 Å². The SMILES string of the molecule is ON=C1CC2C=CC1C2. The average Bonchev–Trinajstić information content (AvgIpc) is 2.45. The lowest BCUT2D eigenvalue weighted by atomic mass is 10.1. The first-order valence-electron chi connectivity index (χ1n) is 3.29. The molecular formula is C7H9NO. The van der Waals surface area contributed by atoms with E-state index in [2.05, 4.69) is 17.3 Å². The van der Waals surface area contributed by atoms with Gasteiger partial charge < -0.3 is 5.21 Å². The highest BCUT2D eigenvalue weighted by molar-refractivity contribution is 5.91. The molecule has 0 spiro atoms. The molecular weight excluding hydrogens is 114 g/mol. The van der Waals surface area contributed by atoms with Crippen molar-refractivity contribution in [3.8, 4) is 0 Å². The summed E-state index contributed by atoms with van der Waals surface area (Å²) in [4.78, 5) is 0. The third-order valence-corrected chi connectivity index (χ3v) is 2.20. The van der Waals surface area contributed by atoms with E-state index in [1.54, 1.807) is 0 Å². The summed E-state index contributed by atoms with van der Waals surface area (Å²) in [6.45, 7) is 0. The molecule has 0 aromatic rings. The first kappa shape index (κ1) is 5.03. The van der Waals surface area contributed by atoms with Gasteiger partial charge in [-0.2, -0.15) is 0 Å². The second-order valence-electron chi connectivity index (χ2n) is 2.78. The van der Waals surface area contributed by atoms with Crippen molar-refractivity contribution in [3.05, 3.63) is 12.2 Å². The summed E-state index contributed by atoms with van der Waals surface area (Å²) in [5.41, 5.74) is 0.975. The predicted octanol–water partition coefficient (Wildman–Crippen LogP) is 1.41. The monoisotopic (exact) mass is 123 g/mol. The molecule has 9 heavy (non-hydrogen) atoms. The van der Waals surface area contributed by atoms with Crippen LogP contribution in [0, 0.1) is 11.8 Å². The maximum absolute atomic E-state index is 8.44. The van der Waals surface area contributed by atoms with E-state index in [9.17, 15) is 0 Å². The van der Waals surface area contributed by atoms with E-state index < -0.39 is 0 Å². The topological polar surface area (TPSA) is 32.6 Å². The van der Waals surface area contributed by atoms with E-state index in [0.29, 0.717) is 11.8 Å². The Kier molecular flexibility index (Phi) is 0.891. The first-order valence-corrected chi connectivity index (χ1v) is 3.29. The summed E-state index contributed by atoms with van der Waals surface area (Å²) >= 11 is 0.